The minimum absolute atomic E-state index is 0.0224. The number of amides is 1. The fraction of sp³-hybridized carbons (Fsp3) is 0.364. The van der Waals surface area contributed by atoms with Gasteiger partial charge in [-0.1, -0.05) is 31.6 Å². The van der Waals surface area contributed by atoms with Crippen LogP contribution in [-0.2, 0) is 0 Å². The number of hydrogen-bond acceptors (Lipinski definition) is 3. The summed E-state index contributed by atoms with van der Waals surface area (Å²) in [6.45, 7) is 2.86. The number of allylic oxidation sites excluding steroid dienone is 2. The summed E-state index contributed by atoms with van der Waals surface area (Å²) in [5.74, 6) is 0.833. The summed E-state index contributed by atoms with van der Waals surface area (Å²) in [5.41, 5.74) is 4.32. The van der Waals surface area contributed by atoms with E-state index in [9.17, 15) is 4.79 Å². The first-order valence-electron chi connectivity index (χ1n) is 9.53. The van der Waals surface area contributed by atoms with Gasteiger partial charge in [0, 0.05) is 36.1 Å². The molecule has 4 rings (SSSR count). The monoisotopic (exact) mass is 347 g/mol. The number of anilines is 1. The second kappa shape index (κ2) is 7.32. The van der Waals surface area contributed by atoms with E-state index in [4.69, 9.17) is 0 Å². The lowest BCUT2D eigenvalue weighted by Crippen LogP contribution is -2.30. The van der Waals surface area contributed by atoms with E-state index in [1.54, 1.807) is 0 Å². The van der Waals surface area contributed by atoms with Crippen LogP contribution in [0.4, 0.5) is 5.69 Å². The Bertz CT molecular complexity index is 815. The van der Waals surface area contributed by atoms with E-state index in [2.05, 4.69) is 52.9 Å². The number of rotatable bonds is 5. The molecule has 3 atom stereocenters. The predicted molar refractivity (Wildman–Crippen MR) is 104 cm³/mol. The molecule has 1 aliphatic carbocycles. The van der Waals surface area contributed by atoms with Gasteiger partial charge in [0.05, 0.1) is 6.04 Å². The molecule has 1 aromatic heterocycles. The molecule has 0 bridgehead atoms. The first-order chi connectivity index (χ1) is 12.8. The fourth-order valence-corrected chi connectivity index (χ4v) is 4.11. The van der Waals surface area contributed by atoms with Gasteiger partial charge in [0.2, 0.25) is 0 Å². The van der Waals surface area contributed by atoms with E-state index < -0.39 is 0 Å². The van der Waals surface area contributed by atoms with Gasteiger partial charge >= 0.3 is 0 Å². The molecule has 2 heterocycles. The summed E-state index contributed by atoms with van der Waals surface area (Å²) in [5, 5.41) is 6.71. The Labute approximate surface area is 154 Å². The molecule has 1 amide bonds. The normalized spacial score (nSPS) is 23.0. The highest BCUT2D eigenvalue weighted by molar-refractivity contribution is 5.95. The maximum Gasteiger partial charge on any atom is 0.251 e. The minimum atomic E-state index is 0.0224. The van der Waals surface area contributed by atoms with Gasteiger partial charge < -0.3 is 10.6 Å². The van der Waals surface area contributed by atoms with Crippen LogP contribution in [-0.4, -0.2) is 17.4 Å². The van der Waals surface area contributed by atoms with E-state index in [1.807, 2.05) is 24.5 Å². The Kier molecular flexibility index (Phi) is 4.74. The van der Waals surface area contributed by atoms with Gasteiger partial charge in [-0.3, -0.25) is 9.78 Å². The maximum absolute atomic E-state index is 12.4. The zero-order valence-corrected chi connectivity index (χ0v) is 15.1. The summed E-state index contributed by atoms with van der Waals surface area (Å²) in [6, 6.07) is 10.4. The number of aromatic nitrogens is 1. The smallest absolute Gasteiger partial charge is 0.251 e. The Morgan fingerprint density at radius 2 is 2.27 bits per heavy atom. The molecule has 134 valence electrons. The van der Waals surface area contributed by atoms with Crippen molar-refractivity contribution >= 4 is 11.6 Å². The number of benzene rings is 1. The van der Waals surface area contributed by atoms with Crippen LogP contribution >= 0.6 is 0 Å². The van der Waals surface area contributed by atoms with Gasteiger partial charge in [0.1, 0.15) is 0 Å². The molecule has 4 nitrogen and oxygen atoms in total. The zero-order valence-electron chi connectivity index (χ0n) is 15.1. The molecule has 3 unspecified atom stereocenters. The second-order valence-corrected chi connectivity index (χ2v) is 7.17. The summed E-state index contributed by atoms with van der Waals surface area (Å²) in [4.78, 5) is 16.7. The lowest BCUT2D eigenvalue weighted by molar-refractivity contribution is 0.0953. The zero-order chi connectivity index (χ0) is 17.9. The number of carbonyl (C=O) groups is 1. The summed E-state index contributed by atoms with van der Waals surface area (Å²) >= 11 is 0. The first kappa shape index (κ1) is 16.8. The van der Waals surface area contributed by atoms with Crippen LogP contribution in [0.3, 0.4) is 0 Å². The molecule has 26 heavy (non-hydrogen) atoms. The number of pyridine rings is 1. The van der Waals surface area contributed by atoms with Gasteiger partial charge in [0.25, 0.3) is 5.91 Å². The third-order valence-electron chi connectivity index (χ3n) is 5.48. The molecule has 2 aliphatic rings. The topological polar surface area (TPSA) is 54.0 Å². The van der Waals surface area contributed by atoms with Crippen molar-refractivity contribution in [3.05, 3.63) is 71.6 Å². The quantitative estimate of drug-likeness (QED) is 0.621. The van der Waals surface area contributed by atoms with Crippen LogP contribution in [0.25, 0.3) is 0 Å². The second-order valence-electron chi connectivity index (χ2n) is 7.17. The molecule has 0 fully saturated rings. The van der Waals surface area contributed by atoms with Crippen LogP contribution < -0.4 is 10.6 Å². The fourth-order valence-electron chi connectivity index (χ4n) is 4.11. The van der Waals surface area contributed by atoms with E-state index >= 15 is 0 Å². The van der Waals surface area contributed by atoms with Gasteiger partial charge in [-0.05, 0) is 54.2 Å². The number of hydrogen-bond donors (Lipinski definition) is 2. The highest BCUT2D eigenvalue weighted by Crippen LogP contribution is 2.49. The van der Waals surface area contributed by atoms with E-state index in [0.717, 1.165) is 37.1 Å². The number of nitrogens with zero attached hydrogens (tertiary/aromatic N) is 1. The minimum Gasteiger partial charge on any atom is -0.378 e. The molecule has 4 heteroatoms. The molecular formula is C22H25N3O. The van der Waals surface area contributed by atoms with Crippen molar-refractivity contribution in [3.8, 4) is 0 Å². The molecule has 0 saturated heterocycles. The molecule has 0 radical (unpaired) electrons. The number of nitrogens with one attached hydrogen (secondary N) is 2. The largest absolute Gasteiger partial charge is 0.378 e. The number of unbranched alkanes of at least 4 members (excludes halogenated alkanes) is 1. The highest BCUT2D eigenvalue weighted by atomic mass is 16.1. The average Bonchev–Trinajstić information content (AvgIpc) is 3.18. The number of carbonyl (C=O) groups excluding carboxylic acids is 1. The van der Waals surface area contributed by atoms with Gasteiger partial charge in [-0.2, -0.15) is 0 Å². The van der Waals surface area contributed by atoms with E-state index in [1.165, 1.54) is 11.1 Å². The molecule has 2 aromatic rings. The van der Waals surface area contributed by atoms with Gasteiger partial charge in [-0.15, -0.1) is 0 Å². The molecule has 0 spiro atoms. The van der Waals surface area contributed by atoms with Crippen molar-refractivity contribution in [1.82, 2.24) is 10.3 Å². The van der Waals surface area contributed by atoms with Crippen LogP contribution in [0.2, 0.25) is 0 Å². The van der Waals surface area contributed by atoms with Crippen molar-refractivity contribution in [3.63, 3.8) is 0 Å². The summed E-state index contributed by atoms with van der Waals surface area (Å²) in [6.07, 6.45) is 11.5. The van der Waals surface area contributed by atoms with Crippen molar-refractivity contribution in [2.24, 2.45) is 5.92 Å². The molecule has 1 aromatic carbocycles. The number of fused-ring (bicyclic) bond motifs is 3. The Morgan fingerprint density at radius 1 is 1.35 bits per heavy atom. The Morgan fingerprint density at radius 3 is 3.08 bits per heavy atom. The summed E-state index contributed by atoms with van der Waals surface area (Å²) < 4.78 is 0. The van der Waals surface area contributed by atoms with Gasteiger partial charge in [-0.25, -0.2) is 0 Å². The third-order valence-corrected chi connectivity index (χ3v) is 5.48. The van der Waals surface area contributed by atoms with Crippen molar-refractivity contribution < 1.29 is 4.79 Å². The standard InChI is InChI=1S/C22H25N3O/c1-2-3-12-24-22(26)15-9-10-20-19(13-15)17-7-4-8-18(17)21(25-20)16-6-5-11-23-14-16/h4-7,9-11,13-14,17-18,21,25H,2-3,8,12H2,1H3,(H,24,26). The van der Waals surface area contributed by atoms with Crippen LogP contribution in [0, 0.1) is 5.92 Å². The third kappa shape index (κ3) is 3.12. The Balaban J connectivity index is 1.62. The van der Waals surface area contributed by atoms with E-state index in [-0.39, 0.29) is 11.9 Å². The average molecular weight is 347 g/mol. The summed E-state index contributed by atoms with van der Waals surface area (Å²) in [7, 11) is 0. The first-order valence-corrected chi connectivity index (χ1v) is 9.53. The van der Waals surface area contributed by atoms with Crippen molar-refractivity contribution in [1.29, 1.82) is 0 Å². The van der Waals surface area contributed by atoms with E-state index in [0.29, 0.717) is 11.8 Å². The van der Waals surface area contributed by atoms with Crippen LogP contribution in [0.15, 0.2) is 54.9 Å². The Hall–Kier alpha value is -2.62. The molecule has 1 aliphatic heterocycles. The van der Waals surface area contributed by atoms with Crippen LogP contribution in [0.1, 0.15) is 59.6 Å². The molecular weight excluding hydrogens is 322 g/mol. The van der Waals surface area contributed by atoms with Gasteiger partial charge in [0.15, 0.2) is 0 Å². The van der Waals surface area contributed by atoms with Crippen molar-refractivity contribution in [2.75, 3.05) is 11.9 Å². The SMILES string of the molecule is CCCCNC(=O)c1ccc2c(c1)C1C=CCC1C(c1cccnc1)N2. The van der Waals surface area contributed by atoms with Crippen LogP contribution in [0.5, 0.6) is 0 Å². The molecule has 0 saturated carbocycles. The van der Waals surface area contributed by atoms with Crippen molar-refractivity contribution in [2.45, 2.75) is 38.1 Å². The predicted octanol–water partition coefficient (Wildman–Crippen LogP) is 4.44. The lowest BCUT2D eigenvalue weighted by atomic mass is 9.77. The highest BCUT2D eigenvalue weighted by Gasteiger charge is 2.38. The maximum atomic E-state index is 12.4. The molecule has 2 N–H and O–H groups in total. The lowest BCUT2D eigenvalue weighted by Gasteiger charge is -2.37.